The van der Waals surface area contributed by atoms with Crippen LogP contribution in [0.2, 0.25) is 0 Å². The summed E-state index contributed by atoms with van der Waals surface area (Å²) in [6, 6.07) is -0.145. The SMILES string of the molecule is CNC(=O)C(C)CN(C)C(=O)N1CCC(CC(=O)O)C1. The summed E-state index contributed by atoms with van der Waals surface area (Å²) in [4.78, 5) is 37.5. The number of nitrogens with zero attached hydrogens (tertiary/aromatic N) is 2. The lowest BCUT2D eigenvalue weighted by atomic mass is 10.1. The van der Waals surface area contributed by atoms with Gasteiger partial charge in [0, 0.05) is 40.2 Å². The molecule has 2 N–H and O–H groups in total. The zero-order valence-electron chi connectivity index (χ0n) is 12.3. The molecular formula is C13H23N3O4. The molecule has 0 radical (unpaired) electrons. The van der Waals surface area contributed by atoms with Crippen molar-refractivity contribution in [2.24, 2.45) is 11.8 Å². The second-order valence-corrected chi connectivity index (χ2v) is 5.38. The molecule has 1 aliphatic heterocycles. The van der Waals surface area contributed by atoms with E-state index in [1.165, 1.54) is 4.90 Å². The standard InChI is InChI=1S/C13H23N3O4/c1-9(12(19)14-2)7-15(3)13(20)16-5-4-10(8-16)6-11(17)18/h9-10H,4-8H2,1-3H3,(H,14,19)(H,17,18). The lowest BCUT2D eigenvalue weighted by Crippen LogP contribution is -2.44. The Bertz CT molecular complexity index is 386. The lowest BCUT2D eigenvalue weighted by Gasteiger charge is -2.26. The summed E-state index contributed by atoms with van der Waals surface area (Å²) in [5, 5.41) is 11.3. The number of likely N-dealkylation sites (tertiary alicyclic amines) is 1. The van der Waals surface area contributed by atoms with E-state index in [4.69, 9.17) is 5.11 Å². The average molecular weight is 285 g/mol. The van der Waals surface area contributed by atoms with Gasteiger partial charge in [-0.2, -0.15) is 0 Å². The van der Waals surface area contributed by atoms with Crippen LogP contribution in [0, 0.1) is 11.8 Å². The maximum absolute atomic E-state index is 12.2. The lowest BCUT2D eigenvalue weighted by molar-refractivity contribution is -0.138. The number of carbonyl (C=O) groups excluding carboxylic acids is 2. The van der Waals surface area contributed by atoms with Crippen molar-refractivity contribution < 1.29 is 19.5 Å². The number of hydrogen-bond acceptors (Lipinski definition) is 3. The van der Waals surface area contributed by atoms with Crippen LogP contribution in [0.5, 0.6) is 0 Å². The summed E-state index contributed by atoms with van der Waals surface area (Å²) in [6.45, 7) is 3.16. The number of amides is 3. The molecule has 1 saturated heterocycles. The van der Waals surface area contributed by atoms with Crippen molar-refractivity contribution in [2.45, 2.75) is 19.8 Å². The highest BCUT2D eigenvalue weighted by molar-refractivity contribution is 5.80. The molecule has 0 aliphatic carbocycles. The molecular weight excluding hydrogens is 262 g/mol. The molecule has 0 bridgehead atoms. The first kappa shape index (κ1) is 16.3. The Hall–Kier alpha value is -1.79. The smallest absolute Gasteiger partial charge is 0.319 e. The Morgan fingerprint density at radius 2 is 2.10 bits per heavy atom. The molecule has 2 unspecified atom stereocenters. The second kappa shape index (κ2) is 7.12. The Labute approximate surface area is 118 Å². The van der Waals surface area contributed by atoms with E-state index in [0.717, 1.165) is 6.42 Å². The van der Waals surface area contributed by atoms with E-state index in [-0.39, 0.29) is 30.2 Å². The molecule has 1 aliphatic rings. The molecule has 1 fully saturated rings. The minimum absolute atomic E-state index is 0.0289. The van der Waals surface area contributed by atoms with Crippen LogP contribution in [0.4, 0.5) is 4.79 Å². The highest BCUT2D eigenvalue weighted by atomic mass is 16.4. The third-order valence-corrected chi connectivity index (χ3v) is 3.59. The molecule has 114 valence electrons. The summed E-state index contributed by atoms with van der Waals surface area (Å²) >= 11 is 0. The highest BCUT2D eigenvalue weighted by Crippen LogP contribution is 2.20. The molecule has 2 atom stereocenters. The van der Waals surface area contributed by atoms with Crippen LogP contribution in [0.3, 0.4) is 0 Å². The number of rotatable bonds is 5. The van der Waals surface area contributed by atoms with Crippen LogP contribution in [0.1, 0.15) is 19.8 Å². The van der Waals surface area contributed by atoms with Crippen molar-refractivity contribution in [3.63, 3.8) is 0 Å². The van der Waals surface area contributed by atoms with Crippen LogP contribution in [0.15, 0.2) is 0 Å². The summed E-state index contributed by atoms with van der Waals surface area (Å²) in [6.07, 6.45) is 0.818. The molecule has 3 amide bonds. The van der Waals surface area contributed by atoms with Crippen LogP contribution < -0.4 is 5.32 Å². The monoisotopic (exact) mass is 285 g/mol. The van der Waals surface area contributed by atoms with Crippen molar-refractivity contribution >= 4 is 17.9 Å². The van der Waals surface area contributed by atoms with E-state index in [9.17, 15) is 14.4 Å². The molecule has 0 aromatic carbocycles. The van der Waals surface area contributed by atoms with Crippen molar-refractivity contribution in [3.8, 4) is 0 Å². The second-order valence-electron chi connectivity index (χ2n) is 5.38. The molecule has 7 nitrogen and oxygen atoms in total. The average Bonchev–Trinajstić information content (AvgIpc) is 2.84. The van der Waals surface area contributed by atoms with Gasteiger partial charge in [0.2, 0.25) is 5.91 Å². The number of aliphatic carboxylic acids is 1. The normalized spacial score (nSPS) is 19.6. The van der Waals surface area contributed by atoms with Gasteiger partial charge in [-0.1, -0.05) is 6.92 Å². The molecule has 0 saturated carbocycles. The fourth-order valence-electron chi connectivity index (χ4n) is 2.48. The zero-order chi connectivity index (χ0) is 15.3. The van der Waals surface area contributed by atoms with Gasteiger partial charge >= 0.3 is 12.0 Å². The largest absolute Gasteiger partial charge is 0.481 e. The predicted molar refractivity (Wildman–Crippen MR) is 73.2 cm³/mol. The van der Waals surface area contributed by atoms with Gasteiger partial charge in [0.05, 0.1) is 5.92 Å². The van der Waals surface area contributed by atoms with Gasteiger partial charge < -0.3 is 20.2 Å². The van der Waals surface area contributed by atoms with Crippen LogP contribution >= 0.6 is 0 Å². The fraction of sp³-hybridized carbons (Fsp3) is 0.769. The van der Waals surface area contributed by atoms with E-state index in [2.05, 4.69) is 5.32 Å². The Morgan fingerprint density at radius 1 is 1.45 bits per heavy atom. The number of hydrogen-bond donors (Lipinski definition) is 2. The maximum atomic E-state index is 12.2. The highest BCUT2D eigenvalue weighted by Gasteiger charge is 2.30. The third-order valence-electron chi connectivity index (χ3n) is 3.59. The maximum Gasteiger partial charge on any atom is 0.319 e. The number of carboxylic acids is 1. The van der Waals surface area contributed by atoms with Crippen molar-refractivity contribution in [1.29, 1.82) is 0 Å². The topological polar surface area (TPSA) is 90.0 Å². The fourth-order valence-corrected chi connectivity index (χ4v) is 2.48. The van der Waals surface area contributed by atoms with Crippen LogP contribution in [-0.2, 0) is 9.59 Å². The summed E-state index contributed by atoms with van der Waals surface area (Å²) < 4.78 is 0. The van der Waals surface area contributed by atoms with E-state index in [0.29, 0.717) is 19.6 Å². The van der Waals surface area contributed by atoms with E-state index in [1.807, 2.05) is 0 Å². The van der Waals surface area contributed by atoms with E-state index < -0.39 is 5.97 Å². The third kappa shape index (κ3) is 4.40. The van der Waals surface area contributed by atoms with Crippen molar-refractivity contribution in [1.82, 2.24) is 15.1 Å². The van der Waals surface area contributed by atoms with Gasteiger partial charge in [-0.25, -0.2) is 4.79 Å². The minimum Gasteiger partial charge on any atom is -0.481 e. The molecule has 1 rings (SSSR count). The predicted octanol–water partition coefficient (Wildman–Crippen LogP) is 0.217. The Kier molecular flexibility index (Phi) is 5.79. The summed E-state index contributed by atoms with van der Waals surface area (Å²) in [5.41, 5.74) is 0. The van der Waals surface area contributed by atoms with Gasteiger partial charge in [0.25, 0.3) is 0 Å². The first-order chi connectivity index (χ1) is 9.35. The first-order valence-corrected chi connectivity index (χ1v) is 6.78. The van der Waals surface area contributed by atoms with Crippen LogP contribution in [-0.4, -0.2) is 66.5 Å². The Balaban J connectivity index is 2.46. The summed E-state index contributed by atoms with van der Waals surface area (Å²) in [5.74, 6) is -1.17. The quantitative estimate of drug-likeness (QED) is 0.756. The molecule has 1 heterocycles. The van der Waals surface area contributed by atoms with E-state index >= 15 is 0 Å². The Morgan fingerprint density at radius 3 is 2.65 bits per heavy atom. The van der Waals surface area contributed by atoms with Gasteiger partial charge in [0.1, 0.15) is 0 Å². The van der Waals surface area contributed by atoms with Gasteiger partial charge in [-0.3, -0.25) is 9.59 Å². The minimum atomic E-state index is -0.828. The van der Waals surface area contributed by atoms with Crippen molar-refractivity contribution in [2.75, 3.05) is 33.7 Å². The molecule has 0 spiro atoms. The zero-order valence-corrected chi connectivity index (χ0v) is 12.3. The van der Waals surface area contributed by atoms with Gasteiger partial charge in [0.15, 0.2) is 0 Å². The number of carboxylic acid groups (broad SMARTS) is 1. The molecule has 7 heteroatoms. The van der Waals surface area contributed by atoms with Crippen molar-refractivity contribution in [3.05, 3.63) is 0 Å². The van der Waals surface area contributed by atoms with E-state index in [1.54, 1.807) is 25.9 Å². The summed E-state index contributed by atoms with van der Waals surface area (Å²) in [7, 11) is 3.23. The molecule has 20 heavy (non-hydrogen) atoms. The van der Waals surface area contributed by atoms with Gasteiger partial charge in [-0.15, -0.1) is 0 Å². The number of urea groups is 1. The number of nitrogens with one attached hydrogen (secondary N) is 1. The van der Waals surface area contributed by atoms with Crippen LogP contribution in [0.25, 0.3) is 0 Å². The number of carbonyl (C=O) groups is 3. The first-order valence-electron chi connectivity index (χ1n) is 6.78. The van der Waals surface area contributed by atoms with Gasteiger partial charge in [-0.05, 0) is 12.3 Å². The molecule has 0 aromatic rings. The molecule has 0 aromatic heterocycles.